The number of oxazole rings is 1. The highest BCUT2D eigenvalue weighted by Crippen LogP contribution is 2.29. The van der Waals surface area contributed by atoms with E-state index in [2.05, 4.69) is 24.3 Å². The Morgan fingerprint density at radius 3 is 2.22 bits per heavy atom. The van der Waals surface area contributed by atoms with Gasteiger partial charge < -0.3 is 9.15 Å². The molecule has 5 heteroatoms. The molecule has 4 aromatic carbocycles. The zero-order valence-corrected chi connectivity index (χ0v) is 19.7. The predicted octanol–water partition coefficient (Wildman–Crippen LogP) is 7.53. The number of nitrogens with zero attached hydrogens (tertiary/aromatic N) is 3. The number of methoxy groups -OCH3 is 1. The minimum Gasteiger partial charge on any atom is -0.497 e. The summed E-state index contributed by atoms with van der Waals surface area (Å²) in [7, 11) is 1.66. The lowest BCUT2D eigenvalue weighted by Crippen LogP contribution is -1.94. The van der Waals surface area contributed by atoms with Gasteiger partial charge in [0, 0.05) is 23.4 Å². The van der Waals surface area contributed by atoms with Crippen LogP contribution in [0.3, 0.4) is 0 Å². The van der Waals surface area contributed by atoms with Gasteiger partial charge in [-0.2, -0.15) is 5.10 Å². The zero-order chi connectivity index (χ0) is 24.3. The van der Waals surface area contributed by atoms with E-state index >= 15 is 0 Å². The van der Waals surface area contributed by atoms with Gasteiger partial charge in [-0.15, -0.1) is 0 Å². The summed E-state index contributed by atoms with van der Waals surface area (Å²) in [5, 5.41) is 4.88. The van der Waals surface area contributed by atoms with Gasteiger partial charge in [-0.1, -0.05) is 54.6 Å². The molecule has 0 unspecified atom stereocenters. The first-order chi connectivity index (χ1) is 17.8. The van der Waals surface area contributed by atoms with E-state index in [1.165, 1.54) is 0 Å². The van der Waals surface area contributed by atoms with E-state index in [0.29, 0.717) is 5.89 Å². The fourth-order valence-corrected chi connectivity index (χ4v) is 4.18. The van der Waals surface area contributed by atoms with E-state index in [4.69, 9.17) is 19.2 Å². The number of benzene rings is 4. The quantitative estimate of drug-likeness (QED) is 0.253. The Morgan fingerprint density at radius 1 is 0.750 bits per heavy atom. The second kappa shape index (κ2) is 9.39. The second-order valence-electron chi connectivity index (χ2n) is 8.38. The minimum absolute atomic E-state index is 0.545. The van der Waals surface area contributed by atoms with Crippen LogP contribution in [-0.2, 0) is 0 Å². The molecule has 0 saturated heterocycles. The van der Waals surface area contributed by atoms with Crippen molar-refractivity contribution in [3.05, 3.63) is 121 Å². The molecule has 6 rings (SSSR count). The van der Waals surface area contributed by atoms with E-state index in [9.17, 15) is 0 Å². The van der Waals surface area contributed by atoms with Crippen LogP contribution in [0.1, 0.15) is 11.5 Å². The maximum Gasteiger partial charge on any atom is 0.220 e. The molecule has 0 aliphatic carbocycles. The molecule has 0 bridgehead atoms. The smallest absolute Gasteiger partial charge is 0.220 e. The van der Waals surface area contributed by atoms with Crippen LogP contribution in [0.2, 0.25) is 0 Å². The fourth-order valence-electron chi connectivity index (χ4n) is 4.18. The summed E-state index contributed by atoms with van der Waals surface area (Å²) < 4.78 is 13.2. The Hall–Kier alpha value is -4.90. The van der Waals surface area contributed by atoms with Gasteiger partial charge in [0.1, 0.15) is 11.3 Å². The lowest BCUT2D eigenvalue weighted by atomic mass is 10.1. The Morgan fingerprint density at radius 2 is 1.47 bits per heavy atom. The molecule has 0 fully saturated rings. The predicted molar refractivity (Wildman–Crippen MR) is 144 cm³/mol. The molecular formula is C31H23N3O2. The third-order valence-electron chi connectivity index (χ3n) is 6.04. The summed E-state index contributed by atoms with van der Waals surface area (Å²) in [6.45, 7) is 0. The average Bonchev–Trinajstić information content (AvgIpc) is 3.56. The van der Waals surface area contributed by atoms with Crippen LogP contribution in [0.5, 0.6) is 5.75 Å². The summed E-state index contributed by atoms with van der Waals surface area (Å²) in [6, 6.07) is 34.3. The van der Waals surface area contributed by atoms with E-state index in [1.54, 1.807) is 7.11 Å². The highest BCUT2D eigenvalue weighted by atomic mass is 16.5. The van der Waals surface area contributed by atoms with Gasteiger partial charge in [0.25, 0.3) is 0 Å². The zero-order valence-electron chi connectivity index (χ0n) is 19.7. The molecular weight excluding hydrogens is 446 g/mol. The first kappa shape index (κ1) is 21.6. The molecule has 6 aromatic rings. The first-order valence-electron chi connectivity index (χ1n) is 11.7. The topological polar surface area (TPSA) is 53.1 Å². The molecule has 174 valence electrons. The first-order valence-corrected chi connectivity index (χ1v) is 11.7. The van der Waals surface area contributed by atoms with Gasteiger partial charge in [-0.3, -0.25) is 0 Å². The lowest BCUT2D eigenvalue weighted by Gasteiger charge is -2.02. The maximum absolute atomic E-state index is 6.01. The van der Waals surface area contributed by atoms with Gasteiger partial charge in [0.05, 0.1) is 18.5 Å². The van der Waals surface area contributed by atoms with Crippen LogP contribution in [0.25, 0.3) is 51.3 Å². The summed E-state index contributed by atoms with van der Waals surface area (Å²) in [4.78, 5) is 4.71. The number of fused-ring (bicyclic) bond motifs is 1. The maximum atomic E-state index is 6.01. The van der Waals surface area contributed by atoms with Gasteiger partial charge in [0.15, 0.2) is 5.58 Å². The molecule has 0 radical (unpaired) electrons. The monoisotopic (exact) mass is 469 g/mol. The van der Waals surface area contributed by atoms with Crippen LogP contribution in [0.15, 0.2) is 114 Å². The number of rotatable bonds is 6. The number of aromatic nitrogens is 3. The SMILES string of the molecule is COc1ccc(-c2nn(-c3ccccc3)cc2C=Cc2nc3cc(-c4ccccc4)ccc3o2)cc1. The van der Waals surface area contributed by atoms with Gasteiger partial charge >= 0.3 is 0 Å². The van der Waals surface area contributed by atoms with Crippen molar-refractivity contribution in [2.24, 2.45) is 0 Å². The number of para-hydroxylation sites is 1. The van der Waals surface area contributed by atoms with Gasteiger partial charge in [-0.05, 0) is 65.7 Å². The molecule has 0 spiro atoms. The molecule has 0 amide bonds. The largest absolute Gasteiger partial charge is 0.497 e. The summed E-state index contributed by atoms with van der Waals surface area (Å²) >= 11 is 0. The summed E-state index contributed by atoms with van der Waals surface area (Å²) in [5.41, 5.74) is 7.64. The van der Waals surface area contributed by atoms with E-state index in [-0.39, 0.29) is 0 Å². The third-order valence-corrected chi connectivity index (χ3v) is 6.04. The Balaban J connectivity index is 1.36. The van der Waals surface area contributed by atoms with Crippen molar-refractivity contribution < 1.29 is 9.15 Å². The van der Waals surface area contributed by atoms with Gasteiger partial charge in [-0.25, -0.2) is 9.67 Å². The molecule has 0 aliphatic rings. The number of hydrogen-bond donors (Lipinski definition) is 0. The van der Waals surface area contributed by atoms with E-state index in [1.807, 2.05) is 102 Å². The summed E-state index contributed by atoms with van der Waals surface area (Å²) in [5.74, 6) is 1.35. The number of ether oxygens (including phenoxy) is 1. The Kier molecular flexibility index (Phi) is 5.64. The van der Waals surface area contributed by atoms with Crippen molar-refractivity contribution in [3.8, 4) is 33.8 Å². The highest BCUT2D eigenvalue weighted by Gasteiger charge is 2.12. The molecule has 5 nitrogen and oxygen atoms in total. The Labute approximate surface area is 208 Å². The van der Waals surface area contributed by atoms with E-state index < -0.39 is 0 Å². The van der Waals surface area contributed by atoms with Gasteiger partial charge in [0.2, 0.25) is 5.89 Å². The van der Waals surface area contributed by atoms with Crippen molar-refractivity contribution in [1.29, 1.82) is 0 Å². The minimum atomic E-state index is 0.545. The number of hydrogen-bond acceptors (Lipinski definition) is 4. The average molecular weight is 470 g/mol. The normalized spacial score (nSPS) is 11.4. The van der Waals surface area contributed by atoms with Crippen molar-refractivity contribution in [3.63, 3.8) is 0 Å². The molecule has 36 heavy (non-hydrogen) atoms. The molecule has 0 N–H and O–H groups in total. The summed E-state index contributed by atoms with van der Waals surface area (Å²) in [6.07, 6.45) is 5.90. The fraction of sp³-hybridized carbons (Fsp3) is 0.0323. The molecule has 0 atom stereocenters. The van der Waals surface area contributed by atoms with Crippen LogP contribution in [0, 0.1) is 0 Å². The molecule has 2 heterocycles. The van der Waals surface area contributed by atoms with Crippen molar-refractivity contribution in [2.45, 2.75) is 0 Å². The molecule has 0 saturated carbocycles. The third kappa shape index (κ3) is 4.30. The van der Waals surface area contributed by atoms with Crippen LogP contribution < -0.4 is 4.74 Å². The van der Waals surface area contributed by atoms with Crippen molar-refractivity contribution in [2.75, 3.05) is 7.11 Å². The van der Waals surface area contributed by atoms with E-state index in [0.717, 1.165) is 50.5 Å². The van der Waals surface area contributed by atoms with Crippen LogP contribution in [-0.4, -0.2) is 21.9 Å². The molecule has 0 aliphatic heterocycles. The van der Waals surface area contributed by atoms with Crippen molar-refractivity contribution in [1.82, 2.24) is 14.8 Å². The molecule has 2 aromatic heterocycles. The lowest BCUT2D eigenvalue weighted by molar-refractivity contribution is 0.415. The van der Waals surface area contributed by atoms with Crippen molar-refractivity contribution >= 4 is 23.3 Å². The Bertz CT molecular complexity index is 1650. The highest BCUT2D eigenvalue weighted by molar-refractivity contribution is 5.83. The second-order valence-corrected chi connectivity index (χ2v) is 8.38. The standard InChI is InChI=1S/C31H23N3O2/c1-35-27-16-12-23(13-17-27)31-25(21-34(33-31)26-10-6-3-7-11-26)15-19-30-32-28-20-24(14-18-29(28)36-30)22-8-4-2-5-9-22/h2-21H,1H3. The van der Waals surface area contributed by atoms with Crippen LogP contribution >= 0.6 is 0 Å². The van der Waals surface area contributed by atoms with Crippen LogP contribution in [0.4, 0.5) is 0 Å².